The van der Waals surface area contributed by atoms with Crippen molar-refractivity contribution in [3.8, 4) is 0 Å². The molecule has 2 aliphatic heterocycles. The van der Waals surface area contributed by atoms with Gasteiger partial charge in [-0.15, -0.1) is 0 Å². The molecular formula is C10H21N3O2S. The molecule has 0 aromatic carbocycles. The van der Waals surface area contributed by atoms with Gasteiger partial charge in [0.05, 0.1) is 5.25 Å². The van der Waals surface area contributed by atoms with Crippen LogP contribution in [0.25, 0.3) is 0 Å². The molecule has 0 bridgehead atoms. The number of nitrogens with two attached hydrogens (primary N) is 1. The van der Waals surface area contributed by atoms with Crippen molar-refractivity contribution in [1.29, 1.82) is 0 Å². The number of rotatable bonds is 2. The highest BCUT2D eigenvalue weighted by Crippen LogP contribution is 2.22. The first-order chi connectivity index (χ1) is 7.50. The zero-order valence-corrected chi connectivity index (χ0v) is 10.6. The quantitative estimate of drug-likeness (QED) is 0.710. The van der Waals surface area contributed by atoms with Crippen LogP contribution in [-0.4, -0.2) is 62.1 Å². The van der Waals surface area contributed by atoms with Crippen LogP contribution in [0.3, 0.4) is 0 Å². The molecule has 0 aromatic rings. The predicted molar refractivity (Wildman–Crippen MR) is 63.6 cm³/mol. The van der Waals surface area contributed by atoms with Crippen LogP contribution in [0, 0.1) is 0 Å². The summed E-state index contributed by atoms with van der Waals surface area (Å²) in [6.07, 6.45) is 2.59. The smallest absolute Gasteiger partial charge is 0.218 e. The maximum atomic E-state index is 12.3. The van der Waals surface area contributed by atoms with Gasteiger partial charge in [-0.05, 0) is 32.9 Å². The van der Waals surface area contributed by atoms with E-state index in [1.54, 1.807) is 4.31 Å². The summed E-state index contributed by atoms with van der Waals surface area (Å²) in [5.41, 5.74) is 5.83. The Morgan fingerprint density at radius 1 is 1.19 bits per heavy atom. The minimum absolute atomic E-state index is 0.0163. The average Bonchev–Trinajstić information content (AvgIpc) is 2.65. The van der Waals surface area contributed by atoms with Crippen LogP contribution in [0.1, 0.15) is 19.3 Å². The summed E-state index contributed by atoms with van der Waals surface area (Å²) in [5.74, 6) is 0. The van der Waals surface area contributed by atoms with Crippen LogP contribution in [-0.2, 0) is 10.0 Å². The normalized spacial score (nSPS) is 34.4. The lowest BCUT2D eigenvalue weighted by Gasteiger charge is -2.31. The van der Waals surface area contributed by atoms with E-state index in [0.717, 1.165) is 25.8 Å². The Hall–Kier alpha value is -0.170. The van der Waals surface area contributed by atoms with E-state index in [1.165, 1.54) is 0 Å². The Bertz CT molecular complexity index is 344. The van der Waals surface area contributed by atoms with Crippen LogP contribution in [0.15, 0.2) is 0 Å². The van der Waals surface area contributed by atoms with E-state index >= 15 is 0 Å². The molecule has 16 heavy (non-hydrogen) atoms. The van der Waals surface area contributed by atoms with Crippen molar-refractivity contribution in [1.82, 2.24) is 9.21 Å². The van der Waals surface area contributed by atoms with Gasteiger partial charge in [0.2, 0.25) is 10.0 Å². The lowest BCUT2D eigenvalue weighted by Crippen LogP contribution is -2.49. The maximum absolute atomic E-state index is 12.3. The Balaban J connectivity index is 2.06. The van der Waals surface area contributed by atoms with Crippen LogP contribution >= 0.6 is 0 Å². The fourth-order valence-electron chi connectivity index (χ4n) is 2.55. The lowest BCUT2D eigenvalue weighted by atomic mass is 10.1. The first-order valence-electron chi connectivity index (χ1n) is 5.93. The molecular weight excluding hydrogens is 226 g/mol. The van der Waals surface area contributed by atoms with Crippen molar-refractivity contribution in [3.05, 3.63) is 0 Å². The van der Waals surface area contributed by atoms with Crippen LogP contribution in [0.5, 0.6) is 0 Å². The van der Waals surface area contributed by atoms with Crippen LogP contribution in [0.4, 0.5) is 0 Å². The summed E-state index contributed by atoms with van der Waals surface area (Å²) in [7, 11) is -1.15. The van der Waals surface area contributed by atoms with E-state index in [2.05, 4.69) is 4.90 Å². The van der Waals surface area contributed by atoms with Crippen molar-refractivity contribution in [2.45, 2.75) is 30.6 Å². The van der Waals surface area contributed by atoms with Gasteiger partial charge in [-0.2, -0.15) is 0 Å². The zero-order chi connectivity index (χ0) is 11.8. The molecule has 0 aliphatic carbocycles. The molecule has 0 saturated carbocycles. The molecule has 94 valence electrons. The van der Waals surface area contributed by atoms with E-state index < -0.39 is 10.0 Å². The number of hydrogen-bond donors (Lipinski definition) is 1. The van der Waals surface area contributed by atoms with Gasteiger partial charge >= 0.3 is 0 Å². The first kappa shape index (κ1) is 12.3. The molecule has 6 heteroatoms. The van der Waals surface area contributed by atoms with Gasteiger partial charge in [-0.3, -0.25) is 0 Å². The Morgan fingerprint density at radius 2 is 1.94 bits per heavy atom. The molecule has 0 amide bonds. The largest absolute Gasteiger partial charge is 0.327 e. The van der Waals surface area contributed by atoms with Gasteiger partial charge < -0.3 is 10.6 Å². The number of nitrogens with zero attached hydrogens (tertiary/aromatic N) is 2. The summed E-state index contributed by atoms with van der Waals surface area (Å²) in [6, 6.07) is 0.0163. The van der Waals surface area contributed by atoms with E-state index in [9.17, 15) is 8.42 Å². The SMILES string of the molecule is CN1CCC(S(=O)(=O)N2CCCC(N)C2)C1. The second-order valence-corrected chi connectivity index (χ2v) is 7.19. The minimum atomic E-state index is -3.12. The topological polar surface area (TPSA) is 66.6 Å². The van der Waals surface area contributed by atoms with Crippen LogP contribution < -0.4 is 5.73 Å². The molecule has 2 heterocycles. The highest BCUT2D eigenvalue weighted by atomic mass is 32.2. The Labute approximate surface area is 97.6 Å². The molecule has 2 aliphatic rings. The molecule has 2 rings (SSSR count). The molecule has 2 fully saturated rings. The van der Waals surface area contributed by atoms with Gasteiger partial charge in [0.1, 0.15) is 0 Å². The number of sulfonamides is 1. The van der Waals surface area contributed by atoms with Gasteiger partial charge in [0.15, 0.2) is 0 Å². The first-order valence-corrected chi connectivity index (χ1v) is 7.43. The third-order valence-electron chi connectivity index (χ3n) is 3.55. The van der Waals surface area contributed by atoms with Gasteiger partial charge in [-0.1, -0.05) is 0 Å². The molecule has 2 N–H and O–H groups in total. The number of likely N-dealkylation sites (tertiary alicyclic amines) is 1. The number of hydrogen-bond acceptors (Lipinski definition) is 4. The summed E-state index contributed by atoms with van der Waals surface area (Å²) >= 11 is 0. The van der Waals surface area contributed by atoms with Crippen molar-refractivity contribution < 1.29 is 8.42 Å². The summed E-state index contributed by atoms with van der Waals surface area (Å²) in [4.78, 5) is 2.08. The zero-order valence-electron chi connectivity index (χ0n) is 9.80. The molecule has 5 nitrogen and oxygen atoms in total. The third kappa shape index (κ3) is 2.40. The molecule has 2 saturated heterocycles. The third-order valence-corrected chi connectivity index (χ3v) is 5.83. The lowest BCUT2D eigenvalue weighted by molar-refractivity contribution is 0.312. The fourth-order valence-corrected chi connectivity index (χ4v) is 4.60. The summed E-state index contributed by atoms with van der Waals surface area (Å²) < 4.78 is 26.2. The van der Waals surface area contributed by atoms with E-state index in [4.69, 9.17) is 5.73 Å². The van der Waals surface area contributed by atoms with Gasteiger partial charge in [0.25, 0.3) is 0 Å². The Morgan fingerprint density at radius 3 is 2.50 bits per heavy atom. The highest BCUT2D eigenvalue weighted by molar-refractivity contribution is 7.89. The van der Waals surface area contributed by atoms with Crippen molar-refractivity contribution in [3.63, 3.8) is 0 Å². The second-order valence-electron chi connectivity index (χ2n) is 4.98. The van der Waals surface area contributed by atoms with Gasteiger partial charge in [-0.25, -0.2) is 12.7 Å². The Kier molecular flexibility index (Phi) is 3.53. The van der Waals surface area contributed by atoms with E-state index in [-0.39, 0.29) is 11.3 Å². The predicted octanol–water partition coefficient (Wildman–Crippen LogP) is -0.557. The summed E-state index contributed by atoms with van der Waals surface area (Å²) in [5, 5.41) is -0.220. The highest BCUT2D eigenvalue weighted by Gasteiger charge is 2.37. The number of piperidine rings is 1. The minimum Gasteiger partial charge on any atom is -0.327 e. The molecule has 2 unspecified atom stereocenters. The molecule has 2 atom stereocenters. The molecule has 0 spiro atoms. The maximum Gasteiger partial charge on any atom is 0.218 e. The van der Waals surface area contributed by atoms with E-state index in [0.29, 0.717) is 19.6 Å². The molecule has 0 aromatic heterocycles. The van der Waals surface area contributed by atoms with Crippen molar-refractivity contribution in [2.24, 2.45) is 5.73 Å². The van der Waals surface area contributed by atoms with E-state index in [1.807, 2.05) is 7.05 Å². The average molecular weight is 247 g/mol. The van der Waals surface area contributed by atoms with Crippen molar-refractivity contribution in [2.75, 3.05) is 33.2 Å². The van der Waals surface area contributed by atoms with Crippen molar-refractivity contribution >= 4 is 10.0 Å². The van der Waals surface area contributed by atoms with Crippen LogP contribution in [0.2, 0.25) is 0 Å². The summed E-state index contributed by atoms with van der Waals surface area (Å²) in [6.45, 7) is 2.69. The fraction of sp³-hybridized carbons (Fsp3) is 1.00. The monoisotopic (exact) mass is 247 g/mol. The molecule has 0 radical (unpaired) electrons. The standard InChI is InChI=1S/C10H21N3O2S/c1-12-6-4-10(8-12)16(14,15)13-5-2-3-9(11)7-13/h9-10H,2-8,11H2,1H3. The van der Waals surface area contributed by atoms with Gasteiger partial charge in [0, 0.05) is 25.7 Å². The second kappa shape index (κ2) is 4.60.